The Morgan fingerprint density at radius 1 is 0.560 bits per heavy atom. The summed E-state index contributed by atoms with van der Waals surface area (Å²) in [4.78, 5) is 0. The number of fused-ring (bicyclic) bond motifs is 2. The number of nitrogens with one attached hydrogen (secondary N) is 3. The fraction of sp³-hybridized carbons (Fsp3) is 0.400. The SMILES string of the molecule is c1ccc2c(c1)CNCCNCCNCc1ccccc1OCCO2. The highest BCUT2D eigenvalue weighted by molar-refractivity contribution is 5.34. The predicted octanol–water partition coefficient (Wildman–Crippen LogP) is 1.93. The van der Waals surface area contributed by atoms with Crippen LogP contribution >= 0.6 is 0 Å². The molecule has 3 rings (SSSR count). The first-order valence-electron chi connectivity index (χ1n) is 8.97. The van der Waals surface area contributed by atoms with E-state index in [-0.39, 0.29) is 0 Å². The van der Waals surface area contributed by atoms with Gasteiger partial charge in [-0.05, 0) is 12.1 Å². The van der Waals surface area contributed by atoms with Crippen molar-refractivity contribution in [3.63, 3.8) is 0 Å². The molecule has 5 heteroatoms. The second-order valence-electron chi connectivity index (χ2n) is 6.02. The lowest BCUT2D eigenvalue weighted by molar-refractivity contribution is 0.214. The Morgan fingerprint density at radius 2 is 1.00 bits per heavy atom. The molecule has 1 heterocycles. The maximum Gasteiger partial charge on any atom is 0.123 e. The largest absolute Gasteiger partial charge is 0.490 e. The molecule has 0 aliphatic carbocycles. The van der Waals surface area contributed by atoms with Gasteiger partial charge in [-0.1, -0.05) is 36.4 Å². The molecule has 0 atom stereocenters. The first kappa shape index (κ1) is 17.7. The Kier molecular flexibility index (Phi) is 7.12. The minimum absolute atomic E-state index is 0.528. The maximum absolute atomic E-state index is 5.93. The highest BCUT2D eigenvalue weighted by Crippen LogP contribution is 2.19. The average Bonchev–Trinajstić information content (AvgIpc) is 2.65. The molecule has 0 spiro atoms. The summed E-state index contributed by atoms with van der Waals surface area (Å²) >= 11 is 0. The van der Waals surface area contributed by atoms with Crippen LogP contribution in [0.2, 0.25) is 0 Å². The fourth-order valence-corrected chi connectivity index (χ4v) is 2.81. The highest BCUT2D eigenvalue weighted by Gasteiger charge is 2.05. The van der Waals surface area contributed by atoms with Gasteiger partial charge < -0.3 is 25.4 Å². The van der Waals surface area contributed by atoms with Crippen molar-refractivity contribution >= 4 is 0 Å². The Labute approximate surface area is 149 Å². The lowest BCUT2D eigenvalue weighted by Gasteiger charge is -2.14. The van der Waals surface area contributed by atoms with Gasteiger partial charge in [-0.2, -0.15) is 0 Å². The van der Waals surface area contributed by atoms with Gasteiger partial charge in [0, 0.05) is 50.4 Å². The van der Waals surface area contributed by atoms with Crippen LogP contribution in [0.15, 0.2) is 48.5 Å². The third-order valence-electron chi connectivity index (χ3n) is 4.13. The van der Waals surface area contributed by atoms with Crippen LogP contribution in [0.5, 0.6) is 11.5 Å². The summed E-state index contributed by atoms with van der Waals surface area (Å²) in [5.74, 6) is 1.84. The zero-order valence-corrected chi connectivity index (χ0v) is 14.6. The molecule has 0 saturated heterocycles. The van der Waals surface area contributed by atoms with Crippen molar-refractivity contribution in [1.82, 2.24) is 16.0 Å². The summed E-state index contributed by atoms with van der Waals surface area (Å²) in [5, 5.41) is 10.4. The second-order valence-corrected chi connectivity index (χ2v) is 6.02. The van der Waals surface area contributed by atoms with Crippen molar-refractivity contribution in [2.24, 2.45) is 0 Å². The van der Waals surface area contributed by atoms with E-state index >= 15 is 0 Å². The van der Waals surface area contributed by atoms with Crippen LogP contribution in [0, 0.1) is 0 Å². The van der Waals surface area contributed by atoms with E-state index in [1.807, 2.05) is 36.4 Å². The normalized spacial score (nSPS) is 17.3. The van der Waals surface area contributed by atoms with Crippen molar-refractivity contribution in [2.75, 3.05) is 39.4 Å². The predicted molar refractivity (Wildman–Crippen MR) is 100 cm³/mol. The molecule has 3 N–H and O–H groups in total. The van der Waals surface area contributed by atoms with E-state index in [4.69, 9.17) is 9.47 Å². The molecule has 2 aromatic carbocycles. The number of rotatable bonds is 0. The van der Waals surface area contributed by atoms with E-state index in [0.29, 0.717) is 13.2 Å². The molecule has 134 valence electrons. The van der Waals surface area contributed by atoms with Gasteiger partial charge in [0.2, 0.25) is 0 Å². The molecule has 5 nitrogen and oxygen atoms in total. The minimum Gasteiger partial charge on any atom is -0.490 e. The van der Waals surface area contributed by atoms with Gasteiger partial charge in [0.25, 0.3) is 0 Å². The van der Waals surface area contributed by atoms with Gasteiger partial charge >= 0.3 is 0 Å². The lowest BCUT2D eigenvalue weighted by Crippen LogP contribution is -2.32. The molecule has 0 unspecified atom stereocenters. The van der Waals surface area contributed by atoms with Crippen molar-refractivity contribution in [3.8, 4) is 11.5 Å². The monoisotopic (exact) mass is 341 g/mol. The number of para-hydroxylation sites is 2. The lowest BCUT2D eigenvalue weighted by atomic mass is 10.2. The molecule has 2 aromatic rings. The molecule has 0 amide bonds. The van der Waals surface area contributed by atoms with Gasteiger partial charge in [-0.25, -0.2) is 0 Å². The van der Waals surface area contributed by atoms with Crippen LogP contribution in [0.4, 0.5) is 0 Å². The minimum atomic E-state index is 0.528. The van der Waals surface area contributed by atoms with E-state index in [1.165, 1.54) is 11.1 Å². The van der Waals surface area contributed by atoms with Gasteiger partial charge in [0.1, 0.15) is 24.7 Å². The van der Waals surface area contributed by atoms with Crippen LogP contribution in [-0.4, -0.2) is 39.4 Å². The number of benzene rings is 2. The quantitative estimate of drug-likeness (QED) is 0.684. The third-order valence-corrected chi connectivity index (χ3v) is 4.13. The second kappa shape index (κ2) is 10.0. The zero-order valence-electron chi connectivity index (χ0n) is 14.6. The molecular weight excluding hydrogens is 314 g/mol. The Bertz CT molecular complexity index is 593. The molecule has 0 fully saturated rings. The molecule has 0 radical (unpaired) electrons. The van der Waals surface area contributed by atoms with Crippen molar-refractivity contribution < 1.29 is 9.47 Å². The van der Waals surface area contributed by atoms with Gasteiger partial charge in [0.05, 0.1) is 0 Å². The third kappa shape index (κ3) is 5.74. The summed E-state index contributed by atoms with van der Waals surface area (Å²) in [5.41, 5.74) is 2.35. The fourth-order valence-electron chi connectivity index (χ4n) is 2.81. The van der Waals surface area contributed by atoms with Crippen molar-refractivity contribution in [3.05, 3.63) is 59.7 Å². The van der Waals surface area contributed by atoms with E-state index in [1.54, 1.807) is 0 Å². The molecule has 0 aromatic heterocycles. The van der Waals surface area contributed by atoms with E-state index in [0.717, 1.165) is 50.8 Å². The maximum atomic E-state index is 5.93. The average molecular weight is 341 g/mol. The number of ether oxygens (including phenoxy) is 2. The zero-order chi connectivity index (χ0) is 17.2. The van der Waals surface area contributed by atoms with Crippen LogP contribution in [0.25, 0.3) is 0 Å². The van der Waals surface area contributed by atoms with Crippen LogP contribution in [-0.2, 0) is 13.1 Å². The molecule has 1 aliphatic heterocycles. The first-order chi connectivity index (χ1) is 12.4. The van der Waals surface area contributed by atoms with E-state index in [2.05, 4.69) is 28.1 Å². The smallest absolute Gasteiger partial charge is 0.123 e. The highest BCUT2D eigenvalue weighted by atomic mass is 16.5. The molecule has 0 bridgehead atoms. The Hall–Kier alpha value is -2.08. The summed E-state index contributed by atoms with van der Waals surface area (Å²) in [6.45, 7) is 6.43. The van der Waals surface area contributed by atoms with Gasteiger partial charge in [0.15, 0.2) is 0 Å². The van der Waals surface area contributed by atoms with Crippen LogP contribution < -0.4 is 25.4 Å². The number of hydrogen-bond donors (Lipinski definition) is 3. The molecular formula is C20H27N3O2. The summed E-state index contributed by atoms with van der Waals surface area (Å²) in [6.07, 6.45) is 0. The molecule has 1 aliphatic rings. The summed E-state index contributed by atoms with van der Waals surface area (Å²) in [7, 11) is 0. The topological polar surface area (TPSA) is 54.5 Å². The first-order valence-corrected chi connectivity index (χ1v) is 8.97. The Morgan fingerprint density at radius 3 is 1.52 bits per heavy atom. The Balaban J connectivity index is 1.64. The van der Waals surface area contributed by atoms with Crippen LogP contribution in [0.1, 0.15) is 11.1 Å². The molecule has 25 heavy (non-hydrogen) atoms. The summed E-state index contributed by atoms with van der Waals surface area (Å²) in [6, 6.07) is 16.3. The van der Waals surface area contributed by atoms with Crippen LogP contribution in [0.3, 0.4) is 0 Å². The van der Waals surface area contributed by atoms with E-state index in [9.17, 15) is 0 Å². The molecule has 0 saturated carbocycles. The standard InChI is InChI=1S/C20H27N3O2/c1-3-7-19-17(5-1)15-22-11-9-21-10-12-23-16-18-6-2-4-8-20(18)25-14-13-24-19/h1-8,21-23H,9-16H2. The van der Waals surface area contributed by atoms with E-state index < -0.39 is 0 Å². The summed E-state index contributed by atoms with van der Waals surface area (Å²) < 4.78 is 11.9. The number of hydrogen-bond acceptors (Lipinski definition) is 5. The van der Waals surface area contributed by atoms with Crippen molar-refractivity contribution in [1.29, 1.82) is 0 Å². The van der Waals surface area contributed by atoms with Gasteiger partial charge in [-0.15, -0.1) is 0 Å². The van der Waals surface area contributed by atoms with Crippen molar-refractivity contribution in [2.45, 2.75) is 13.1 Å². The van der Waals surface area contributed by atoms with Gasteiger partial charge in [-0.3, -0.25) is 0 Å².